The SMILES string of the molecule is C#C[C@@]1(O)[C@@H](COC(Cc2ccccc2)C(=O)O)O[C@@H](n2cnc3c(NCCc4ccccc4)nc(Cl)nc32)[C@@H]1O. The van der Waals surface area contributed by atoms with E-state index in [1.807, 2.05) is 36.4 Å². The maximum Gasteiger partial charge on any atom is 0.333 e. The molecule has 212 valence electrons. The van der Waals surface area contributed by atoms with Gasteiger partial charge in [0.25, 0.3) is 0 Å². The molecule has 41 heavy (non-hydrogen) atoms. The van der Waals surface area contributed by atoms with Crippen molar-refractivity contribution in [1.29, 1.82) is 0 Å². The second-order valence-corrected chi connectivity index (χ2v) is 9.95. The molecule has 0 amide bonds. The number of imidazole rings is 1. The van der Waals surface area contributed by atoms with Crippen molar-refractivity contribution < 1.29 is 29.6 Å². The Labute approximate surface area is 240 Å². The number of terminal acetylenes is 1. The Morgan fingerprint density at radius 2 is 1.85 bits per heavy atom. The molecule has 0 bridgehead atoms. The minimum atomic E-state index is -2.19. The van der Waals surface area contributed by atoms with Crippen molar-refractivity contribution in [2.24, 2.45) is 0 Å². The summed E-state index contributed by atoms with van der Waals surface area (Å²) in [6.45, 7) is 0.151. The van der Waals surface area contributed by atoms with Crippen LogP contribution in [0.1, 0.15) is 17.4 Å². The summed E-state index contributed by atoms with van der Waals surface area (Å²) >= 11 is 6.22. The van der Waals surface area contributed by atoms with Gasteiger partial charge in [-0.05, 0) is 29.1 Å². The van der Waals surface area contributed by atoms with E-state index in [0.717, 1.165) is 17.5 Å². The van der Waals surface area contributed by atoms with Crippen LogP contribution in [-0.4, -0.2) is 77.9 Å². The zero-order valence-corrected chi connectivity index (χ0v) is 22.6. The number of fused-ring (bicyclic) bond motifs is 1. The highest BCUT2D eigenvalue weighted by Gasteiger charge is 2.56. The van der Waals surface area contributed by atoms with Crippen molar-refractivity contribution in [1.82, 2.24) is 19.5 Å². The normalized spacial score (nSPS) is 22.8. The van der Waals surface area contributed by atoms with E-state index in [0.29, 0.717) is 17.9 Å². The summed E-state index contributed by atoms with van der Waals surface area (Å²) in [5, 5.41) is 35.1. The average molecular weight is 578 g/mol. The maximum absolute atomic E-state index is 11.9. The van der Waals surface area contributed by atoms with Gasteiger partial charge in [0.15, 0.2) is 34.9 Å². The molecule has 12 heteroatoms. The van der Waals surface area contributed by atoms with Gasteiger partial charge in [-0.3, -0.25) is 4.57 Å². The summed E-state index contributed by atoms with van der Waals surface area (Å²) in [7, 11) is 0. The molecule has 1 aliphatic heterocycles. The molecule has 0 spiro atoms. The Hall–Kier alpha value is -4.05. The molecule has 0 saturated carbocycles. The second kappa shape index (κ2) is 12.2. The Balaban J connectivity index is 1.34. The van der Waals surface area contributed by atoms with Gasteiger partial charge in [-0.1, -0.05) is 66.6 Å². The van der Waals surface area contributed by atoms with Crippen LogP contribution >= 0.6 is 11.6 Å². The van der Waals surface area contributed by atoms with Crippen LogP contribution in [0.4, 0.5) is 5.82 Å². The highest BCUT2D eigenvalue weighted by atomic mass is 35.5. The van der Waals surface area contributed by atoms with E-state index in [1.165, 1.54) is 10.9 Å². The summed E-state index contributed by atoms with van der Waals surface area (Å²) < 4.78 is 13.0. The van der Waals surface area contributed by atoms with Crippen molar-refractivity contribution in [3.8, 4) is 12.3 Å². The predicted octanol–water partition coefficient (Wildman–Crippen LogP) is 2.47. The van der Waals surface area contributed by atoms with Crippen LogP contribution in [0, 0.1) is 12.3 Å². The first-order valence-corrected chi connectivity index (χ1v) is 13.3. The van der Waals surface area contributed by atoms with Gasteiger partial charge in [-0.25, -0.2) is 9.78 Å². The van der Waals surface area contributed by atoms with Crippen LogP contribution in [0.3, 0.4) is 0 Å². The van der Waals surface area contributed by atoms with E-state index in [1.54, 1.807) is 24.3 Å². The molecule has 2 aromatic carbocycles. The lowest BCUT2D eigenvalue weighted by Gasteiger charge is -2.26. The van der Waals surface area contributed by atoms with Gasteiger partial charge >= 0.3 is 5.97 Å². The summed E-state index contributed by atoms with van der Waals surface area (Å²) in [6, 6.07) is 18.9. The predicted molar refractivity (Wildman–Crippen MR) is 150 cm³/mol. The third-order valence-corrected chi connectivity index (χ3v) is 7.12. The number of nitrogens with one attached hydrogen (secondary N) is 1. The number of hydrogen-bond acceptors (Lipinski definition) is 9. The highest BCUT2D eigenvalue weighted by Crippen LogP contribution is 2.39. The van der Waals surface area contributed by atoms with Gasteiger partial charge < -0.3 is 30.1 Å². The molecule has 1 saturated heterocycles. The average Bonchev–Trinajstić information content (AvgIpc) is 3.50. The van der Waals surface area contributed by atoms with Crippen molar-refractivity contribution in [3.63, 3.8) is 0 Å². The first kappa shape index (κ1) is 28.5. The monoisotopic (exact) mass is 577 g/mol. The first-order chi connectivity index (χ1) is 19.8. The molecule has 2 aromatic heterocycles. The number of hydrogen-bond donors (Lipinski definition) is 4. The molecule has 4 aromatic rings. The molecule has 11 nitrogen and oxygen atoms in total. The molecule has 3 heterocycles. The van der Waals surface area contributed by atoms with E-state index < -0.39 is 42.7 Å². The fraction of sp³-hybridized carbons (Fsp3) is 0.310. The number of rotatable bonds is 11. The van der Waals surface area contributed by atoms with Gasteiger partial charge in [-0.15, -0.1) is 6.42 Å². The smallest absolute Gasteiger partial charge is 0.333 e. The van der Waals surface area contributed by atoms with E-state index in [9.17, 15) is 20.1 Å². The van der Waals surface area contributed by atoms with Crippen molar-refractivity contribution in [3.05, 3.63) is 83.4 Å². The molecule has 5 atom stereocenters. The number of halogens is 1. The van der Waals surface area contributed by atoms with E-state index in [-0.39, 0.29) is 17.4 Å². The number of nitrogens with zero attached hydrogens (tertiary/aromatic N) is 4. The third kappa shape index (κ3) is 6.02. The molecule has 0 radical (unpaired) electrons. The second-order valence-electron chi connectivity index (χ2n) is 9.61. The summed E-state index contributed by atoms with van der Waals surface area (Å²) in [6.07, 6.45) is 2.47. The van der Waals surface area contributed by atoms with Crippen LogP contribution in [0.25, 0.3) is 11.2 Å². The molecule has 5 rings (SSSR count). The van der Waals surface area contributed by atoms with Crippen molar-refractivity contribution in [2.45, 2.75) is 43.0 Å². The maximum atomic E-state index is 11.9. The number of aromatic nitrogens is 4. The number of aliphatic hydroxyl groups excluding tert-OH is 1. The number of carbonyl (C=O) groups is 1. The van der Waals surface area contributed by atoms with Crippen molar-refractivity contribution in [2.75, 3.05) is 18.5 Å². The van der Waals surface area contributed by atoms with Crippen LogP contribution in [0.2, 0.25) is 5.28 Å². The summed E-state index contributed by atoms with van der Waals surface area (Å²) in [5.41, 5.74) is 0.317. The summed E-state index contributed by atoms with van der Waals surface area (Å²) in [4.78, 5) is 24.8. The molecular formula is C29H28ClN5O6. The molecule has 1 aliphatic rings. The summed E-state index contributed by atoms with van der Waals surface area (Å²) in [5.74, 6) is 1.40. The molecule has 1 fully saturated rings. The fourth-order valence-corrected chi connectivity index (χ4v) is 4.90. The molecule has 4 N–H and O–H groups in total. The Bertz CT molecular complexity index is 1550. The van der Waals surface area contributed by atoms with Gasteiger partial charge in [0.1, 0.15) is 12.2 Å². The van der Waals surface area contributed by atoms with Crippen LogP contribution < -0.4 is 5.32 Å². The lowest BCUT2D eigenvalue weighted by atomic mass is 9.93. The number of anilines is 1. The number of benzene rings is 2. The molecule has 1 unspecified atom stereocenters. The zero-order valence-electron chi connectivity index (χ0n) is 21.8. The van der Waals surface area contributed by atoms with Gasteiger partial charge in [0, 0.05) is 13.0 Å². The molecular weight excluding hydrogens is 550 g/mol. The molecule has 0 aliphatic carbocycles. The first-order valence-electron chi connectivity index (χ1n) is 12.9. The van der Waals surface area contributed by atoms with E-state index in [4.69, 9.17) is 27.5 Å². The third-order valence-electron chi connectivity index (χ3n) is 6.95. The van der Waals surface area contributed by atoms with Crippen LogP contribution in [0.15, 0.2) is 67.0 Å². The van der Waals surface area contributed by atoms with Gasteiger partial charge in [0.2, 0.25) is 5.28 Å². The standard InChI is InChI=1S/C29H28ClN5O6/c1-2-29(39)21(16-40-20(27(37)38)15-19-11-7-4-8-12-19)41-26(23(29)36)35-17-32-22-24(33-28(30)34-25(22)35)31-14-13-18-9-5-3-6-10-18/h1,3-12,17,20-21,23,26,36,39H,13-16H2,(H,37,38)(H,31,33,34)/t20?,21-,23+,26-,29-/m1/s1. The Morgan fingerprint density at radius 1 is 1.17 bits per heavy atom. The van der Waals surface area contributed by atoms with Gasteiger partial charge in [0.05, 0.1) is 12.9 Å². The number of aliphatic carboxylic acids is 1. The van der Waals surface area contributed by atoms with Crippen LogP contribution in [-0.2, 0) is 27.1 Å². The van der Waals surface area contributed by atoms with E-state index in [2.05, 4.69) is 26.2 Å². The Kier molecular flexibility index (Phi) is 8.49. The largest absolute Gasteiger partial charge is 0.479 e. The lowest BCUT2D eigenvalue weighted by Crippen LogP contribution is -2.48. The highest BCUT2D eigenvalue weighted by molar-refractivity contribution is 6.28. The topological polar surface area (TPSA) is 152 Å². The number of carboxylic acids is 1. The number of aliphatic hydroxyl groups is 2. The Morgan fingerprint density at radius 3 is 2.51 bits per heavy atom. The van der Waals surface area contributed by atoms with E-state index >= 15 is 0 Å². The van der Waals surface area contributed by atoms with Crippen molar-refractivity contribution >= 4 is 34.6 Å². The quantitative estimate of drug-likeness (QED) is 0.154. The van der Waals surface area contributed by atoms with Gasteiger partial charge in [-0.2, -0.15) is 9.97 Å². The minimum Gasteiger partial charge on any atom is -0.479 e. The fourth-order valence-electron chi connectivity index (χ4n) is 4.74. The number of carboxylic acid groups (broad SMARTS) is 1. The number of ether oxygens (including phenoxy) is 2. The van der Waals surface area contributed by atoms with Crippen LogP contribution in [0.5, 0.6) is 0 Å². The minimum absolute atomic E-state index is 0.0637. The lowest BCUT2D eigenvalue weighted by molar-refractivity contribution is -0.156. The zero-order chi connectivity index (χ0) is 29.0.